The van der Waals surface area contributed by atoms with Gasteiger partial charge in [0, 0.05) is 12.0 Å². The molecule has 0 saturated carbocycles. The van der Waals surface area contributed by atoms with Gasteiger partial charge in [-0.2, -0.15) is 0 Å². The first-order valence-electron chi connectivity index (χ1n) is 7.67. The summed E-state index contributed by atoms with van der Waals surface area (Å²) in [7, 11) is -3.26. The minimum atomic E-state index is -3.26. The Hall–Kier alpha value is -2.01. The van der Waals surface area contributed by atoms with E-state index in [0.29, 0.717) is 11.1 Å². The Bertz CT molecular complexity index is 814. The molecule has 0 spiro atoms. The van der Waals surface area contributed by atoms with Gasteiger partial charge in [-0.3, -0.25) is 4.79 Å². The monoisotopic (exact) mass is 348 g/mol. The van der Waals surface area contributed by atoms with E-state index in [4.69, 9.17) is 0 Å². The zero-order chi connectivity index (χ0) is 18.0. The summed E-state index contributed by atoms with van der Waals surface area (Å²) in [6, 6.07) is 12.4. The predicted octanol–water partition coefficient (Wildman–Crippen LogP) is 3.96. The van der Waals surface area contributed by atoms with Gasteiger partial charge < -0.3 is 0 Å². The molecule has 0 aliphatic heterocycles. The lowest BCUT2D eigenvalue weighted by Crippen LogP contribution is -2.29. The summed E-state index contributed by atoms with van der Waals surface area (Å²) in [5, 5.41) is 0. The molecule has 3 nitrogen and oxygen atoms in total. The average Bonchev–Trinajstić information content (AvgIpc) is 2.49. The van der Waals surface area contributed by atoms with Crippen LogP contribution in [0.4, 0.5) is 4.39 Å². The van der Waals surface area contributed by atoms with Crippen LogP contribution in [0.5, 0.6) is 0 Å². The first-order valence-corrected chi connectivity index (χ1v) is 9.32. The van der Waals surface area contributed by atoms with Crippen LogP contribution in [0.1, 0.15) is 42.3 Å². The third kappa shape index (κ3) is 4.51. The van der Waals surface area contributed by atoms with Gasteiger partial charge in [-0.15, -0.1) is 0 Å². The van der Waals surface area contributed by atoms with Crippen LogP contribution in [0.25, 0.3) is 0 Å². The van der Waals surface area contributed by atoms with Crippen molar-refractivity contribution in [3.63, 3.8) is 0 Å². The maximum absolute atomic E-state index is 12.9. The number of carbonyl (C=O) groups excluding carboxylic acids is 1. The van der Waals surface area contributed by atoms with Gasteiger partial charge in [0.1, 0.15) is 5.82 Å². The highest BCUT2D eigenvalue weighted by Crippen LogP contribution is 2.21. The van der Waals surface area contributed by atoms with E-state index in [0.717, 1.165) is 5.56 Å². The summed E-state index contributed by atoms with van der Waals surface area (Å²) < 4.78 is 36.5. The number of hydrogen-bond acceptors (Lipinski definition) is 3. The lowest BCUT2D eigenvalue weighted by molar-refractivity contribution is 0.0993. The van der Waals surface area contributed by atoms with Crippen LogP contribution in [-0.4, -0.2) is 18.9 Å². The van der Waals surface area contributed by atoms with E-state index in [1.54, 1.807) is 57.2 Å². The quantitative estimate of drug-likeness (QED) is 0.769. The maximum Gasteiger partial charge on any atom is 0.167 e. The van der Waals surface area contributed by atoms with Gasteiger partial charge >= 0.3 is 0 Å². The number of rotatable bonds is 5. The topological polar surface area (TPSA) is 51.2 Å². The first-order chi connectivity index (χ1) is 11.1. The molecule has 0 atom stereocenters. The summed E-state index contributed by atoms with van der Waals surface area (Å²) in [5.41, 5.74) is 1.90. The minimum absolute atomic E-state index is 0.0526. The molecular weight excluding hydrogens is 327 g/mol. The zero-order valence-electron chi connectivity index (χ0n) is 14.0. The van der Waals surface area contributed by atoms with E-state index in [1.165, 1.54) is 12.1 Å². The van der Waals surface area contributed by atoms with Crippen molar-refractivity contribution in [2.75, 3.05) is 0 Å². The summed E-state index contributed by atoms with van der Waals surface area (Å²) >= 11 is 0. The number of Topliss-reactive ketones (excluding diaryl/α,β-unsaturated/α-hetero) is 1. The van der Waals surface area contributed by atoms with Crippen LogP contribution in [0.2, 0.25) is 0 Å². The van der Waals surface area contributed by atoms with Crippen molar-refractivity contribution in [1.29, 1.82) is 0 Å². The second kappa shape index (κ2) is 6.85. The summed E-state index contributed by atoms with van der Waals surface area (Å²) in [6.45, 7) is 5.01. The van der Waals surface area contributed by atoms with Crippen molar-refractivity contribution in [2.24, 2.45) is 0 Å². The van der Waals surface area contributed by atoms with Crippen LogP contribution in [0, 0.1) is 5.82 Å². The second-order valence-corrected chi connectivity index (χ2v) is 9.54. The fraction of sp³-hybridized carbons (Fsp3) is 0.316. The maximum atomic E-state index is 12.9. The predicted molar refractivity (Wildman–Crippen MR) is 93.3 cm³/mol. The summed E-state index contributed by atoms with van der Waals surface area (Å²) in [6.07, 6.45) is 0.180. The van der Waals surface area contributed by atoms with Crippen molar-refractivity contribution in [2.45, 2.75) is 37.7 Å². The Kier molecular flexibility index (Phi) is 5.23. The molecule has 0 aliphatic rings. The van der Waals surface area contributed by atoms with Gasteiger partial charge in [0.25, 0.3) is 0 Å². The fourth-order valence-electron chi connectivity index (χ4n) is 2.11. The van der Waals surface area contributed by atoms with Gasteiger partial charge in [0.05, 0.1) is 10.5 Å². The number of sulfone groups is 1. The highest BCUT2D eigenvalue weighted by molar-refractivity contribution is 7.91. The lowest BCUT2D eigenvalue weighted by Gasteiger charge is -2.19. The molecule has 0 unspecified atom stereocenters. The summed E-state index contributed by atoms with van der Waals surface area (Å²) in [4.78, 5) is 12.2. The van der Waals surface area contributed by atoms with Crippen LogP contribution >= 0.6 is 0 Å². The van der Waals surface area contributed by atoms with Crippen molar-refractivity contribution in [3.8, 4) is 0 Å². The number of ketones is 1. The molecule has 0 saturated heterocycles. The van der Waals surface area contributed by atoms with Crippen molar-refractivity contribution < 1.29 is 17.6 Å². The minimum Gasteiger partial charge on any atom is -0.294 e. The third-order valence-corrected chi connectivity index (χ3v) is 6.42. The van der Waals surface area contributed by atoms with Crippen LogP contribution in [0.3, 0.4) is 0 Å². The van der Waals surface area contributed by atoms with E-state index in [-0.39, 0.29) is 23.8 Å². The fourth-order valence-corrected chi connectivity index (χ4v) is 3.18. The van der Waals surface area contributed by atoms with Gasteiger partial charge in [0.2, 0.25) is 0 Å². The largest absolute Gasteiger partial charge is 0.294 e. The van der Waals surface area contributed by atoms with E-state index >= 15 is 0 Å². The normalized spacial score (nSPS) is 12.2. The van der Waals surface area contributed by atoms with E-state index in [2.05, 4.69) is 0 Å². The second-order valence-electron chi connectivity index (χ2n) is 6.79. The molecule has 0 fully saturated rings. The summed E-state index contributed by atoms with van der Waals surface area (Å²) in [5.74, 6) is -0.481. The molecule has 2 aromatic carbocycles. The Labute approximate surface area is 142 Å². The molecule has 128 valence electrons. The number of benzene rings is 2. The third-order valence-electron chi connectivity index (χ3n) is 3.84. The van der Waals surface area contributed by atoms with Crippen molar-refractivity contribution >= 4 is 15.6 Å². The van der Waals surface area contributed by atoms with Gasteiger partial charge in [-0.25, -0.2) is 12.8 Å². The smallest absolute Gasteiger partial charge is 0.167 e. The molecule has 0 radical (unpaired) electrons. The molecule has 0 bridgehead atoms. The van der Waals surface area contributed by atoms with Crippen LogP contribution in [0.15, 0.2) is 48.5 Å². The molecule has 2 rings (SSSR count). The average molecular weight is 348 g/mol. The Balaban J connectivity index is 2.09. The van der Waals surface area contributed by atoms with Crippen LogP contribution in [-0.2, 0) is 22.0 Å². The Morgan fingerprint density at radius 3 is 1.92 bits per heavy atom. The van der Waals surface area contributed by atoms with Gasteiger partial charge in [-0.05, 0) is 44.0 Å². The number of hydrogen-bond donors (Lipinski definition) is 0. The molecule has 0 aromatic heterocycles. The molecule has 0 N–H and O–H groups in total. The Morgan fingerprint density at radius 2 is 1.42 bits per heavy atom. The Morgan fingerprint density at radius 1 is 0.917 bits per heavy atom. The van der Waals surface area contributed by atoms with Crippen molar-refractivity contribution in [3.05, 3.63) is 71.0 Å². The van der Waals surface area contributed by atoms with Gasteiger partial charge in [-0.1, -0.05) is 36.4 Å². The van der Waals surface area contributed by atoms with Crippen LogP contribution < -0.4 is 0 Å². The first kappa shape index (κ1) is 18.3. The molecular formula is C19H21FO3S. The standard InChI is InChI=1S/C19H21FO3S/c1-19(2,3)24(22,23)13-15-4-8-16(9-5-15)18(21)12-14-6-10-17(20)11-7-14/h4-11H,12-13H2,1-3H3. The zero-order valence-corrected chi connectivity index (χ0v) is 14.9. The highest BCUT2D eigenvalue weighted by Gasteiger charge is 2.28. The molecule has 2 aromatic rings. The number of carbonyl (C=O) groups is 1. The molecule has 0 amide bonds. The SMILES string of the molecule is CC(C)(C)S(=O)(=O)Cc1ccc(C(=O)Cc2ccc(F)cc2)cc1. The molecule has 0 heterocycles. The highest BCUT2D eigenvalue weighted by atomic mass is 32.2. The van der Waals surface area contributed by atoms with Crippen molar-refractivity contribution in [1.82, 2.24) is 0 Å². The van der Waals surface area contributed by atoms with E-state index < -0.39 is 14.6 Å². The molecule has 24 heavy (non-hydrogen) atoms. The lowest BCUT2D eigenvalue weighted by atomic mass is 10.0. The van der Waals surface area contributed by atoms with E-state index in [1.807, 2.05) is 0 Å². The molecule has 0 aliphatic carbocycles. The molecule has 5 heteroatoms. The van der Waals surface area contributed by atoms with Gasteiger partial charge in [0.15, 0.2) is 15.6 Å². The number of halogens is 1. The van der Waals surface area contributed by atoms with E-state index in [9.17, 15) is 17.6 Å².